The second-order valence-electron chi connectivity index (χ2n) is 8.73. The number of anilines is 2. The van der Waals surface area contributed by atoms with Gasteiger partial charge < -0.3 is 25.6 Å². The van der Waals surface area contributed by atoms with Crippen molar-refractivity contribution < 1.29 is 27.5 Å². The number of pyridine rings is 1. The monoisotopic (exact) mass is 560 g/mol. The molecular formula is C26H27F3N6O3S. The number of methoxy groups -OCH3 is 1. The van der Waals surface area contributed by atoms with Crippen molar-refractivity contribution in [2.45, 2.75) is 29.4 Å². The summed E-state index contributed by atoms with van der Waals surface area (Å²) in [6, 6.07) is 8.04. The molecule has 0 saturated carbocycles. The Morgan fingerprint density at radius 1 is 1.28 bits per heavy atom. The first-order valence-corrected chi connectivity index (χ1v) is 12.8. The van der Waals surface area contributed by atoms with Gasteiger partial charge in [0, 0.05) is 56.6 Å². The van der Waals surface area contributed by atoms with Crippen LogP contribution in [0.4, 0.5) is 24.5 Å². The normalized spacial score (nSPS) is 15.5. The molecule has 39 heavy (non-hydrogen) atoms. The topological polar surface area (TPSA) is 100 Å². The van der Waals surface area contributed by atoms with E-state index in [1.807, 2.05) is 0 Å². The fourth-order valence-electron chi connectivity index (χ4n) is 4.12. The average molecular weight is 561 g/mol. The van der Waals surface area contributed by atoms with Gasteiger partial charge in [0.2, 0.25) is 5.91 Å². The molecule has 1 aliphatic heterocycles. The number of thioether (sulfide) groups is 1. The smallest absolute Gasteiger partial charge is 0.447 e. The minimum Gasteiger partial charge on any atom is -0.495 e. The number of hydrogen-bond donors (Lipinski definition) is 3. The lowest BCUT2D eigenvalue weighted by atomic mass is 10.0. The molecule has 1 saturated heterocycles. The van der Waals surface area contributed by atoms with Gasteiger partial charge in [0.1, 0.15) is 16.5 Å². The highest BCUT2D eigenvalue weighted by Crippen LogP contribution is 2.39. The quantitative estimate of drug-likeness (QED) is 0.299. The highest BCUT2D eigenvalue weighted by atomic mass is 32.2. The molecule has 13 heteroatoms. The third kappa shape index (κ3) is 6.69. The van der Waals surface area contributed by atoms with E-state index in [1.54, 1.807) is 42.3 Å². The number of nitrogens with one attached hydrogen (secondary N) is 3. The van der Waals surface area contributed by atoms with Crippen LogP contribution in [0.15, 0.2) is 41.6 Å². The molecule has 1 atom stereocenters. The number of rotatable bonds is 7. The fourth-order valence-corrected chi connectivity index (χ4v) is 4.78. The molecule has 3 heterocycles. The van der Waals surface area contributed by atoms with Crippen molar-refractivity contribution >= 4 is 40.6 Å². The van der Waals surface area contributed by atoms with E-state index in [0.717, 1.165) is 0 Å². The predicted octanol–water partition coefficient (Wildman–Crippen LogP) is 3.81. The zero-order valence-electron chi connectivity index (χ0n) is 21.5. The van der Waals surface area contributed by atoms with Gasteiger partial charge in [-0.15, -0.1) is 0 Å². The Morgan fingerprint density at radius 2 is 2.08 bits per heavy atom. The fraction of sp³-hybridized carbons (Fsp3) is 0.346. The van der Waals surface area contributed by atoms with Gasteiger partial charge in [0.15, 0.2) is 5.65 Å². The number of aromatic nitrogens is 2. The molecule has 0 radical (unpaired) electrons. The molecule has 1 fully saturated rings. The van der Waals surface area contributed by atoms with Crippen LogP contribution in [0.3, 0.4) is 0 Å². The number of benzene rings is 1. The lowest BCUT2D eigenvalue weighted by Crippen LogP contribution is -2.41. The molecule has 1 aromatic carbocycles. The van der Waals surface area contributed by atoms with Crippen LogP contribution < -0.4 is 20.7 Å². The molecule has 0 aliphatic carbocycles. The average Bonchev–Trinajstić information content (AvgIpc) is 3.24. The van der Waals surface area contributed by atoms with E-state index in [-0.39, 0.29) is 53.3 Å². The lowest BCUT2D eigenvalue weighted by Gasteiger charge is -2.29. The van der Waals surface area contributed by atoms with Gasteiger partial charge in [0.25, 0.3) is 5.91 Å². The van der Waals surface area contributed by atoms with Gasteiger partial charge in [-0.2, -0.15) is 13.2 Å². The third-order valence-electron chi connectivity index (χ3n) is 6.10. The van der Waals surface area contributed by atoms with E-state index >= 15 is 0 Å². The summed E-state index contributed by atoms with van der Waals surface area (Å²) in [5, 5.41) is 8.71. The molecular weight excluding hydrogens is 533 g/mol. The Kier molecular flexibility index (Phi) is 8.44. The van der Waals surface area contributed by atoms with E-state index in [9.17, 15) is 22.8 Å². The predicted molar refractivity (Wildman–Crippen MR) is 143 cm³/mol. The lowest BCUT2D eigenvalue weighted by molar-refractivity contribution is -0.132. The van der Waals surface area contributed by atoms with Gasteiger partial charge in [-0.25, -0.2) is 4.98 Å². The summed E-state index contributed by atoms with van der Waals surface area (Å²) in [5.74, 6) is 5.74. The Morgan fingerprint density at radius 3 is 2.77 bits per heavy atom. The van der Waals surface area contributed by atoms with Crippen LogP contribution in [0.1, 0.15) is 28.9 Å². The first-order valence-electron chi connectivity index (χ1n) is 12.0. The number of carbonyl (C=O) groups is 2. The van der Waals surface area contributed by atoms with E-state index in [1.165, 1.54) is 24.8 Å². The van der Waals surface area contributed by atoms with Crippen LogP contribution in [0, 0.1) is 11.8 Å². The van der Waals surface area contributed by atoms with Crippen molar-refractivity contribution in [2.24, 2.45) is 0 Å². The van der Waals surface area contributed by atoms with Crippen LogP contribution in [0.5, 0.6) is 5.75 Å². The first kappa shape index (κ1) is 28.0. The van der Waals surface area contributed by atoms with Gasteiger partial charge >= 0.3 is 5.51 Å². The van der Waals surface area contributed by atoms with Crippen LogP contribution in [0.25, 0.3) is 5.65 Å². The molecule has 9 nitrogen and oxygen atoms in total. The van der Waals surface area contributed by atoms with Crippen LogP contribution in [0.2, 0.25) is 0 Å². The number of ether oxygens (including phenoxy) is 1. The summed E-state index contributed by atoms with van der Waals surface area (Å²) in [6.45, 7) is 0.675. The molecule has 0 bridgehead atoms. The summed E-state index contributed by atoms with van der Waals surface area (Å²) >= 11 is -0.283. The standard InChI is InChI=1S/C26H27F3N6O3S/c1-30-24(37)16-8-9-18(21(14-16)38-3)31-11-4-6-20-25(39-26(27,28)29)35-12-5-7-19(23(35)33-20)32-17-10-13-34(2)22(36)15-17/h5,7-9,12,14,17,31-32H,10-11,13,15H2,1-3H3,(H,30,37)/t17-/m0/s1. The summed E-state index contributed by atoms with van der Waals surface area (Å²) in [4.78, 5) is 30.0. The molecule has 2 amide bonds. The first-order chi connectivity index (χ1) is 18.6. The van der Waals surface area contributed by atoms with Crippen molar-refractivity contribution in [1.82, 2.24) is 19.6 Å². The minimum absolute atomic E-state index is 0.00122. The van der Waals surface area contributed by atoms with Crippen molar-refractivity contribution in [1.29, 1.82) is 0 Å². The largest absolute Gasteiger partial charge is 0.495 e. The van der Waals surface area contributed by atoms with Gasteiger partial charge in [-0.05, 0) is 42.7 Å². The number of fused-ring (bicyclic) bond motifs is 1. The Hall–Kier alpha value is -4.05. The molecule has 0 spiro atoms. The second kappa shape index (κ2) is 11.8. The maximum Gasteiger partial charge on any atom is 0.447 e. The van der Waals surface area contributed by atoms with E-state index < -0.39 is 5.51 Å². The van der Waals surface area contributed by atoms with Crippen LogP contribution >= 0.6 is 11.8 Å². The zero-order valence-corrected chi connectivity index (χ0v) is 22.3. The van der Waals surface area contributed by atoms with E-state index in [0.29, 0.717) is 41.3 Å². The van der Waals surface area contributed by atoms with E-state index in [4.69, 9.17) is 4.74 Å². The molecule has 4 rings (SSSR count). The summed E-state index contributed by atoms with van der Waals surface area (Å²) in [7, 11) is 4.73. The molecule has 2 aromatic heterocycles. The van der Waals surface area contributed by atoms with E-state index in [2.05, 4.69) is 32.8 Å². The van der Waals surface area contributed by atoms with Crippen molar-refractivity contribution in [3.63, 3.8) is 0 Å². The Bertz CT molecular complexity index is 1450. The summed E-state index contributed by atoms with van der Waals surface area (Å²) in [5.41, 5.74) is -2.77. The van der Waals surface area contributed by atoms with Crippen LogP contribution in [-0.4, -0.2) is 71.9 Å². The Labute approximate surface area is 227 Å². The van der Waals surface area contributed by atoms with Crippen molar-refractivity contribution in [3.8, 4) is 17.6 Å². The Balaban J connectivity index is 1.59. The number of carbonyl (C=O) groups excluding carboxylic acids is 2. The van der Waals surface area contributed by atoms with Gasteiger partial charge in [0.05, 0.1) is 25.0 Å². The van der Waals surface area contributed by atoms with Gasteiger partial charge in [-0.1, -0.05) is 5.92 Å². The zero-order chi connectivity index (χ0) is 28.2. The number of halogens is 3. The number of amides is 2. The second-order valence-corrected chi connectivity index (χ2v) is 9.78. The number of piperidine rings is 1. The molecule has 3 aromatic rings. The highest BCUT2D eigenvalue weighted by Gasteiger charge is 2.33. The number of nitrogens with zero attached hydrogens (tertiary/aromatic N) is 3. The minimum atomic E-state index is -4.55. The maximum absolute atomic E-state index is 13.4. The summed E-state index contributed by atoms with van der Waals surface area (Å²) in [6.07, 6.45) is 2.50. The molecule has 3 N–H and O–H groups in total. The summed E-state index contributed by atoms with van der Waals surface area (Å²) < 4.78 is 47.0. The number of alkyl halides is 3. The van der Waals surface area contributed by atoms with Crippen molar-refractivity contribution in [3.05, 3.63) is 47.8 Å². The highest BCUT2D eigenvalue weighted by molar-refractivity contribution is 8.00. The van der Waals surface area contributed by atoms with Gasteiger partial charge in [-0.3, -0.25) is 14.0 Å². The van der Waals surface area contributed by atoms with Crippen molar-refractivity contribution in [2.75, 3.05) is 44.9 Å². The third-order valence-corrected chi connectivity index (χ3v) is 6.92. The SMILES string of the molecule is CNC(=O)c1ccc(NCC#Cc2nc3c(N[C@H]4CCN(C)C(=O)C4)cccn3c2SC(F)(F)F)c(OC)c1. The van der Waals surface area contributed by atoms with Crippen LogP contribution in [-0.2, 0) is 4.79 Å². The molecule has 1 aliphatic rings. The number of likely N-dealkylation sites (tertiary alicyclic amines) is 1. The molecule has 0 unspecified atom stereocenters. The number of hydrogen-bond acceptors (Lipinski definition) is 7. The maximum atomic E-state index is 13.4. The molecule has 206 valence electrons. The number of imidazole rings is 1.